The predicted molar refractivity (Wildman–Crippen MR) is 79.0 cm³/mol. The van der Waals surface area contributed by atoms with Crippen LogP contribution in [0.2, 0.25) is 0 Å². The number of nitrogens with two attached hydrogens (primary N) is 1. The number of thiophene rings is 1. The summed E-state index contributed by atoms with van der Waals surface area (Å²) in [4.78, 5) is 14.5. The molecule has 1 fully saturated rings. The van der Waals surface area contributed by atoms with Crippen LogP contribution in [0.1, 0.15) is 21.7 Å². The molecule has 1 saturated heterocycles. The number of amides is 1. The highest BCUT2D eigenvalue weighted by atomic mass is 32.1. The van der Waals surface area contributed by atoms with Gasteiger partial charge < -0.3 is 20.7 Å². The van der Waals surface area contributed by atoms with Gasteiger partial charge in [0.15, 0.2) is 0 Å². The van der Waals surface area contributed by atoms with Crippen molar-refractivity contribution in [3.05, 3.63) is 10.4 Å². The van der Waals surface area contributed by atoms with E-state index in [4.69, 9.17) is 15.7 Å². The van der Waals surface area contributed by atoms with E-state index in [9.17, 15) is 4.79 Å². The van der Waals surface area contributed by atoms with Crippen molar-refractivity contribution in [3.8, 4) is 6.07 Å². The molecule has 1 amide bonds. The summed E-state index contributed by atoms with van der Waals surface area (Å²) in [5, 5.41) is 12.5. The van der Waals surface area contributed by atoms with E-state index in [0.29, 0.717) is 23.0 Å². The second-order valence-electron chi connectivity index (χ2n) is 4.77. The number of methoxy groups -OCH3 is 1. The largest absolute Gasteiger partial charge is 0.396 e. The van der Waals surface area contributed by atoms with E-state index in [1.165, 1.54) is 11.3 Å². The Hall–Kier alpha value is -1.78. The van der Waals surface area contributed by atoms with Crippen molar-refractivity contribution >= 4 is 27.9 Å². The van der Waals surface area contributed by atoms with Gasteiger partial charge in [-0.1, -0.05) is 0 Å². The topological polar surface area (TPSA) is 91.4 Å². The molecule has 20 heavy (non-hydrogen) atoms. The molecule has 6 nitrogen and oxygen atoms in total. The zero-order chi connectivity index (χ0) is 14.7. The van der Waals surface area contributed by atoms with Crippen molar-refractivity contribution in [2.24, 2.45) is 5.92 Å². The highest BCUT2D eigenvalue weighted by Crippen LogP contribution is 2.39. The third-order valence-electron chi connectivity index (χ3n) is 3.46. The first-order chi connectivity index (χ1) is 9.62. The van der Waals surface area contributed by atoms with Gasteiger partial charge >= 0.3 is 0 Å². The second-order valence-corrected chi connectivity index (χ2v) is 5.77. The summed E-state index contributed by atoms with van der Waals surface area (Å²) in [5.74, 6) is 0.205. The minimum Gasteiger partial charge on any atom is -0.396 e. The monoisotopic (exact) mass is 294 g/mol. The van der Waals surface area contributed by atoms with Gasteiger partial charge in [0.2, 0.25) is 0 Å². The predicted octanol–water partition coefficient (Wildman–Crippen LogP) is 1.03. The van der Waals surface area contributed by atoms with Gasteiger partial charge in [0.25, 0.3) is 5.91 Å². The number of nitrogens with one attached hydrogen (secondary N) is 1. The Labute approximate surface area is 122 Å². The molecule has 0 aliphatic carbocycles. The molecule has 2 rings (SSSR count). The molecule has 1 aliphatic heterocycles. The normalized spacial score (nSPS) is 18.1. The maximum atomic E-state index is 12.0. The van der Waals surface area contributed by atoms with Crippen LogP contribution in [-0.2, 0) is 4.74 Å². The zero-order valence-electron chi connectivity index (χ0n) is 11.6. The summed E-state index contributed by atoms with van der Waals surface area (Å²) in [7, 11) is 3.25. The van der Waals surface area contributed by atoms with E-state index < -0.39 is 0 Å². The van der Waals surface area contributed by atoms with E-state index in [1.807, 2.05) is 0 Å². The molecule has 3 N–H and O–H groups in total. The third kappa shape index (κ3) is 2.57. The van der Waals surface area contributed by atoms with Gasteiger partial charge in [-0.15, -0.1) is 11.3 Å². The Morgan fingerprint density at radius 1 is 1.70 bits per heavy atom. The molecule has 1 aliphatic rings. The number of carbonyl (C=O) groups excluding carboxylic acids is 1. The molecular weight excluding hydrogens is 276 g/mol. The molecule has 0 bridgehead atoms. The number of nitriles is 1. The molecule has 0 saturated carbocycles. The van der Waals surface area contributed by atoms with Crippen LogP contribution in [0.3, 0.4) is 0 Å². The van der Waals surface area contributed by atoms with Gasteiger partial charge in [0.05, 0.1) is 17.9 Å². The van der Waals surface area contributed by atoms with Gasteiger partial charge in [-0.3, -0.25) is 4.79 Å². The fourth-order valence-electron chi connectivity index (χ4n) is 2.47. The standard InChI is InChI=1S/C13H18N4O2S/c1-16-12(18)10-11(15)9(5-14)20-13(10)17-4-3-8(6-17)7-19-2/h8H,3-4,6-7,15H2,1-2H3,(H,16,18). The number of ether oxygens (including phenoxy) is 1. The molecule has 108 valence electrons. The Balaban J connectivity index is 2.32. The van der Waals surface area contributed by atoms with E-state index in [-0.39, 0.29) is 11.6 Å². The Morgan fingerprint density at radius 2 is 2.45 bits per heavy atom. The molecule has 1 aromatic heterocycles. The van der Waals surface area contributed by atoms with E-state index in [2.05, 4.69) is 16.3 Å². The fraction of sp³-hybridized carbons (Fsp3) is 0.538. The SMILES string of the molecule is CNC(=O)c1c(N2CCC(COC)C2)sc(C#N)c1N. The van der Waals surface area contributed by atoms with Crippen molar-refractivity contribution in [1.82, 2.24) is 5.32 Å². The summed E-state index contributed by atoms with van der Waals surface area (Å²) in [5.41, 5.74) is 6.63. The Bertz CT molecular complexity index is 549. The first-order valence-electron chi connectivity index (χ1n) is 6.40. The molecule has 2 heterocycles. The molecule has 1 unspecified atom stereocenters. The van der Waals surface area contributed by atoms with E-state index >= 15 is 0 Å². The van der Waals surface area contributed by atoms with E-state index in [0.717, 1.165) is 24.5 Å². The van der Waals surface area contributed by atoms with Gasteiger partial charge in [0, 0.05) is 33.2 Å². The number of anilines is 2. The summed E-state index contributed by atoms with van der Waals surface area (Å²) in [6.45, 7) is 2.38. The minimum absolute atomic E-state index is 0.245. The quantitative estimate of drug-likeness (QED) is 0.865. The zero-order valence-corrected chi connectivity index (χ0v) is 12.4. The number of rotatable bonds is 4. The molecule has 0 spiro atoms. The molecule has 1 atom stereocenters. The fourth-order valence-corrected chi connectivity index (χ4v) is 3.52. The van der Waals surface area contributed by atoms with Crippen LogP contribution >= 0.6 is 11.3 Å². The molecule has 7 heteroatoms. The molecule has 0 aromatic carbocycles. The lowest BCUT2D eigenvalue weighted by atomic mass is 10.1. The van der Waals surface area contributed by atoms with Crippen molar-refractivity contribution in [2.75, 3.05) is 44.5 Å². The summed E-state index contributed by atoms with van der Waals surface area (Å²) in [6, 6.07) is 2.06. The minimum atomic E-state index is -0.245. The Morgan fingerprint density at radius 3 is 3.05 bits per heavy atom. The van der Waals surface area contributed by atoms with Gasteiger partial charge in [-0.2, -0.15) is 5.26 Å². The number of hydrogen-bond donors (Lipinski definition) is 2. The molecule has 1 aromatic rings. The van der Waals surface area contributed by atoms with Crippen LogP contribution in [0.15, 0.2) is 0 Å². The van der Waals surface area contributed by atoms with Crippen molar-refractivity contribution < 1.29 is 9.53 Å². The van der Waals surface area contributed by atoms with E-state index in [1.54, 1.807) is 14.2 Å². The number of nitrogens with zero attached hydrogens (tertiary/aromatic N) is 2. The van der Waals surface area contributed by atoms with Crippen LogP contribution < -0.4 is 16.0 Å². The van der Waals surface area contributed by atoms with Gasteiger partial charge in [-0.25, -0.2) is 0 Å². The van der Waals surface area contributed by atoms with Crippen LogP contribution in [-0.4, -0.2) is 39.8 Å². The smallest absolute Gasteiger partial charge is 0.256 e. The lowest BCUT2D eigenvalue weighted by Gasteiger charge is -2.18. The van der Waals surface area contributed by atoms with Crippen LogP contribution in [0.5, 0.6) is 0 Å². The lowest BCUT2D eigenvalue weighted by molar-refractivity contribution is 0.0965. The third-order valence-corrected chi connectivity index (χ3v) is 4.63. The maximum Gasteiger partial charge on any atom is 0.256 e. The number of hydrogen-bond acceptors (Lipinski definition) is 6. The highest BCUT2D eigenvalue weighted by molar-refractivity contribution is 7.17. The Kier molecular flexibility index (Phi) is 4.47. The van der Waals surface area contributed by atoms with Crippen LogP contribution in [0, 0.1) is 17.2 Å². The van der Waals surface area contributed by atoms with Crippen LogP contribution in [0.4, 0.5) is 10.7 Å². The molecule has 0 radical (unpaired) electrons. The average molecular weight is 294 g/mol. The van der Waals surface area contributed by atoms with Crippen molar-refractivity contribution in [2.45, 2.75) is 6.42 Å². The van der Waals surface area contributed by atoms with Gasteiger partial charge in [-0.05, 0) is 6.42 Å². The average Bonchev–Trinajstić information content (AvgIpc) is 3.03. The summed E-state index contributed by atoms with van der Waals surface area (Å²) in [6.07, 6.45) is 1.01. The summed E-state index contributed by atoms with van der Waals surface area (Å²) >= 11 is 1.29. The van der Waals surface area contributed by atoms with Crippen molar-refractivity contribution in [3.63, 3.8) is 0 Å². The lowest BCUT2D eigenvalue weighted by Crippen LogP contribution is -2.25. The first kappa shape index (κ1) is 14.6. The number of carbonyl (C=O) groups is 1. The van der Waals surface area contributed by atoms with Crippen LogP contribution in [0.25, 0.3) is 0 Å². The first-order valence-corrected chi connectivity index (χ1v) is 7.22. The van der Waals surface area contributed by atoms with Gasteiger partial charge in [0.1, 0.15) is 15.9 Å². The maximum absolute atomic E-state index is 12.0. The highest BCUT2D eigenvalue weighted by Gasteiger charge is 2.30. The van der Waals surface area contributed by atoms with Crippen molar-refractivity contribution in [1.29, 1.82) is 5.26 Å². The summed E-state index contributed by atoms with van der Waals surface area (Å²) < 4.78 is 5.18. The second kappa shape index (κ2) is 6.11. The number of nitrogen functional groups attached to an aromatic ring is 1. The molecular formula is C13H18N4O2S.